The van der Waals surface area contributed by atoms with Gasteiger partial charge < -0.3 is 19.5 Å². The molecule has 1 fully saturated rings. The Hall–Kier alpha value is -2.40. The summed E-state index contributed by atoms with van der Waals surface area (Å²) in [4.78, 5) is 4.83. The average molecular weight is 342 g/mol. The average Bonchev–Trinajstić information content (AvgIpc) is 2.68. The zero-order chi connectivity index (χ0) is 17.8. The zero-order valence-corrected chi connectivity index (χ0v) is 15.1. The summed E-state index contributed by atoms with van der Waals surface area (Å²) >= 11 is 0. The molecule has 2 aromatic carbocycles. The fourth-order valence-corrected chi connectivity index (χ4v) is 3.41. The molecule has 25 heavy (non-hydrogen) atoms. The number of anilines is 1. The van der Waals surface area contributed by atoms with Gasteiger partial charge in [-0.1, -0.05) is 18.2 Å². The number of rotatable bonds is 5. The SMILES string of the molecule is COc1cc(C(C)N2CCN(c3ccccc3OC)CC2)ccc1O. The molecule has 0 spiro atoms. The van der Waals surface area contributed by atoms with E-state index in [1.807, 2.05) is 24.3 Å². The third kappa shape index (κ3) is 3.66. The van der Waals surface area contributed by atoms with E-state index >= 15 is 0 Å². The summed E-state index contributed by atoms with van der Waals surface area (Å²) in [5, 5.41) is 9.78. The van der Waals surface area contributed by atoms with Gasteiger partial charge in [0.2, 0.25) is 0 Å². The van der Waals surface area contributed by atoms with Gasteiger partial charge in [-0.2, -0.15) is 0 Å². The number of aromatic hydroxyl groups is 1. The second-order valence-electron chi connectivity index (χ2n) is 6.30. The lowest BCUT2D eigenvalue weighted by molar-refractivity contribution is 0.198. The van der Waals surface area contributed by atoms with Crippen molar-refractivity contribution >= 4 is 5.69 Å². The van der Waals surface area contributed by atoms with Gasteiger partial charge in [0.05, 0.1) is 19.9 Å². The Kier molecular flexibility index (Phi) is 5.34. The van der Waals surface area contributed by atoms with Gasteiger partial charge in [0, 0.05) is 32.2 Å². The van der Waals surface area contributed by atoms with Crippen molar-refractivity contribution in [2.24, 2.45) is 0 Å². The van der Waals surface area contributed by atoms with Gasteiger partial charge in [0.25, 0.3) is 0 Å². The number of ether oxygens (including phenoxy) is 2. The molecule has 1 heterocycles. The van der Waals surface area contributed by atoms with Gasteiger partial charge >= 0.3 is 0 Å². The van der Waals surface area contributed by atoms with Gasteiger partial charge in [-0.15, -0.1) is 0 Å². The fraction of sp³-hybridized carbons (Fsp3) is 0.400. The number of phenolic OH excluding ortho intramolecular Hbond substituents is 1. The number of hydrogen-bond acceptors (Lipinski definition) is 5. The number of phenols is 1. The number of hydrogen-bond donors (Lipinski definition) is 1. The van der Waals surface area contributed by atoms with Crippen LogP contribution in [0.1, 0.15) is 18.5 Å². The predicted molar refractivity (Wildman–Crippen MR) is 99.9 cm³/mol. The molecule has 1 N–H and O–H groups in total. The van der Waals surface area contributed by atoms with Crippen molar-refractivity contribution in [3.63, 3.8) is 0 Å². The van der Waals surface area contributed by atoms with E-state index in [1.165, 1.54) is 0 Å². The molecule has 0 amide bonds. The van der Waals surface area contributed by atoms with Crippen LogP contribution in [0.15, 0.2) is 42.5 Å². The Bertz CT molecular complexity index is 712. The summed E-state index contributed by atoms with van der Waals surface area (Å²) in [5.41, 5.74) is 2.31. The Morgan fingerprint density at radius 3 is 2.28 bits per heavy atom. The topological polar surface area (TPSA) is 45.2 Å². The quantitative estimate of drug-likeness (QED) is 0.903. The van der Waals surface area contributed by atoms with E-state index in [1.54, 1.807) is 20.3 Å². The molecule has 0 saturated carbocycles. The Morgan fingerprint density at radius 1 is 0.920 bits per heavy atom. The number of benzene rings is 2. The third-order valence-electron chi connectivity index (χ3n) is 4.97. The first-order valence-corrected chi connectivity index (χ1v) is 8.63. The molecule has 0 aliphatic carbocycles. The van der Waals surface area contributed by atoms with Gasteiger partial charge in [0.1, 0.15) is 5.75 Å². The van der Waals surface area contributed by atoms with Crippen molar-refractivity contribution in [3.05, 3.63) is 48.0 Å². The maximum atomic E-state index is 9.78. The van der Waals surface area contributed by atoms with Crippen molar-refractivity contribution in [3.8, 4) is 17.2 Å². The van der Waals surface area contributed by atoms with Gasteiger partial charge in [-0.3, -0.25) is 4.90 Å². The molecule has 5 nitrogen and oxygen atoms in total. The molecule has 2 aromatic rings. The van der Waals surface area contributed by atoms with Crippen LogP contribution in [0.3, 0.4) is 0 Å². The smallest absolute Gasteiger partial charge is 0.160 e. The first-order valence-electron chi connectivity index (χ1n) is 8.63. The first kappa shape index (κ1) is 17.4. The molecular formula is C20H26N2O3. The normalized spacial score (nSPS) is 16.5. The molecule has 1 aliphatic heterocycles. The minimum Gasteiger partial charge on any atom is -0.504 e. The molecule has 1 atom stereocenters. The van der Waals surface area contributed by atoms with E-state index in [4.69, 9.17) is 9.47 Å². The maximum absolute atomic E-state index is 9.78. The lowest BCUT2D eigenvalue weighted by Gasteiger charge is -2.39. The molecule has 1 aliphatic rings. The van der Waals surface area contributed by atoms with Gasteiger partial charge in [-0.05, 0) is 36.8 Å². The fourth-order valence-electron chi connectivity index (χ4n) is 3.41. The molecular weight excluding hydrogens is 316 g/mol. The Balaban J connectivity index is 1.67. The van der Waals surface area contributed by atoms with Crippen LogP contribution in [0.25, 0.3) is 0 Å². The second kappa shape index (κ2) is 7.66. The summed E-state index contributed by atoms with van der Waals surface area (Å²) in [6.07, 6.45) is 0. The van der Waals surface area contributed by atoms with E-state index in [2.05, 4.69) is 28.9 Å². The molecule has 0 aromatic heterocycles. The van der Waals surface area contributed by atoms with E-state index in [-0.39, 0.29) is 11.8 Å². The second-order valence-corrected chi connectivity index (χ2v) is 6.30. The van der Waals surface area contributed by atoms with Crippen LogP contribution < -0.4 is 14.4 Å². The summed E-state index contributed by atoms with van der Waals surface area (Å²) in [6, 6.07) is 14.0. The van der Waals surface area contributed by atoms with Crippen LogP contribution >= 0.6 is 0 Å². The van der Waals surface area contributed by atoms with Crippen LogP contribution in [0, 0.1) is 0 Å². The van der Waals surface area contributed by atoms with Gasteiger partial charge in [0.15, 0.2) is 11.5 Å². The van der Waals surface area contributed by atoms with Crippen LogP contribution in [0.5, 0.6) is 17.2 Å². The van der Waals surface area contributed by atoms with E-state index in [0.717, 1.165) is 43.2 Å². The molecule has 1 saturated heterocycles. The number of para-hydroxylation sites is 2. The highest BCUT2D eigenvalue weighted by atomic mass is 16.5. The van der Waals surface area contributed by atoms with Crippen molar-refractivity contribution in [2.45, 2.75) is 13.0 Å². The molecule has 5 heteroatoms. The standard InChI is InChI=1S/C20H26N2O3/c1-15(16-8-9-18(23)20(14-16)25-3)21-10-12-22(13-11-21)17-6-4-5-7-19(17)24-2/h4-9,14-15,23H,10-13H2,1-3H3. The highest BCUT2D eigenvalue weighted by Gasteiger charge is 2.24. The van der Waals surface area contributed by atoms with Crippen molar-refractivity contribution < 1.29 is 14.6 Å². The molecule has 3 rings (SSSR count). The lowest BCUT2D eigenvalue weighted by Crippen LogP contribution is -2.47. The number of piperazine rings is 1. The number of methoxy groups -OCH3 is 2. The molecule has 0 radical (unpaired) electrons. The maximum Gasteiger partial charge on any atom is 0.160 e. The van der Waals surface area contributed by atoms with Crippen molar-refractivity contribution in [1.29, 1.82) is 0 Å². The van der Waals surface area contributed by atoms with Gasteiger partial charge in [-0.25, -0.2) is 0 Å². The molecule has 1 unspecified atom stereocenters. The minimum absolute atomic E-state index is 0.180. The predicted octanol–water partition coefficient (Wildman–Crippen LogP) is 3.29. The summed E-state index contributed by atoms with van der Waals surface area (Å²) in [7, 11) is 3.30. The van der Waals surface area contributed by atoms with E-state index in [9.17, 15) is 5.11 Å². The molecule has 134 valence electrons. The largest absolute Gasteiger partial charge is 0.504 e. The summed E-state index contributed by atoms with van der Waals surface area (Å²) in [6.45, 7) is 6.06. The lowest BCUT2D eigenvalue weighted by atomic mass is 10.0. The van der Waals surface area contributed by atoms with Crippen LogP contribution in [-0.4, -0.2) is 50.4 Å². The van der Waals surface area contributed by atoms with E-state index in [0.29, 0.717) is 5.75 Å². The van der Waals surface area contributed by atoms with Crippen LogP contribution in [0.4, 0.5) is 5.69 Å². The highest BCUT2D eigenvalue weighted by Crippen LogP contribution is 2.33. The van der Waals surface area contributed by atoms with Crippen LogP contribution in [0.2, 0.25) is 0 Å². The van der Waals surface area contributed by atoms with E-state index < -0.39 is 0 Å². The third-order valence-corrected chi connectivity index (χ3v) is 4.97. The first-order chi connectivity index (χ1) is 12.1. The molecule has 0 bridgehead atoms. The number of nitrogens with zero attached hydrogens (tertiary/aromatic N) is 2. The highest BCUT2D eigenvalue weighted by molar-refractivity contribution is 5.58. The monoisotopic (exact) mass is 342 g/mol. The Morgan fingerprint density at radius 2 is 1.60 bits per heavy atom. The summed E-state index contributed by atoms with van der Waals surface area (Å²) < 4.78 is 10.7. The van der Waals surface area contributed by atoms with Crippen molar-refractivity contribution in [2.75, 3.05) is 45.3 Å². The minimum atomic E-state index is 0.180. The zero-order valence-electron chi connectivity index (χ0n) is 15.1. The summed E-state index contributed by atoms with van der Waals surface area (Å²) in [5.74, 6) is 1.63. The van der Waals surface area contributed by atoms with Crippen molar-refractivity contribution in [1.82, 2.24) is 4.90 Å². The Labute approximate surface area is 149 Å². The van der Waals surface area contributed by atoms with Crippen LogP contribution in [-0.2, 0) is 0 Å².